The molecule has 0 saturated carbocycles. The van der Waals surface area contributed by atoms with Crippen molar-refractivity contribution in [1.29, 1.82) is 0 Å². The molecule has 0 N–H and O–H groups in total. The molecule has 6 heteroatoms. The zero-order chi connectivity index (χ0) is 14.2. The first-order valence-corrected chi connectivity index (χ1v) is 6.53. The van der Waals surface area contributed by atoms with Gasteiger partial charge in [-0.2, -0.15) is 0 Å². The Morgan fingerprint density at radius 1 is 1.28 bits per heavy atom. The molecule has 0 aliphatic heterocycles. The number of esters is 1. The average Bonchev–Trinajstić information content (AvgIpc) is 2.21. The molecule has 0 aromatic rings. The Morgan fingerprint density at radius 3 is 2.33 bits per heavy atom. The first kappa shape index (κ1) is 17.0. The van der Waals surface area contributed by atoms with Gasteiger partial charge in [0.25, 0.3) is 0 Å². The fraction of sp³-hybridized carbons (Fsp3) is 0.833. The lowest BCUT2D eigenvalue weighted by atomic mass is 10.2. The number of nitrogens with zero attached hydrogens (tertiary/aromatic N) is 1. The Labute approximate surface area is 113 Å². The maximum atomic E-state index is 11.9. The van der Waals surface area contributed by atoms with Gasteiger partial charge in [0.15, 0.2) is 0 Å². The number of halogens is 1. The fourth-order valence-corrected chi connectivity index (χ4v) is 1.29. The highest BCUT2D eigenvalue weighted by atomic mass is 35.5. The van der Waals surface area contributed by atoms with Crippen molar-refractivity contribution in [3.8, 4) is 0 Å². The zero-order valence-electron chi connectivity index (χ0n) is 11.5. The third-order valence-electron chi connectivity index (χ3n) is 1.84. The molecular weight excluding hydrogens is 258 g/mol. The lowest BCUT2D eigenvalue weighted by Crippen LogP contribution is -2.41. The third kappa shape index (κ3) is 8.17. The minimum atomic E-state index is -0.592. The van der Waals surface area contributed by atoms with Crippen molar-refractivity contribution >= 4 is 23.7 Å². The molecule has 18 heavy (non-hydrogen) atoms. The van der Waals surface area contributed by atoms with Crippen LogP contribution in [0.25, 0.3) is 0 Å². The van der Waals surface area contributed by atoms with Crippen molar-refractivity contribution in [3.63, 3.8) is 0 Å². The monoisotopic (exact) mass is 279 g/mol. The first-order valence-electron chi connectivity index (χ1n) is 5.99. The van der Waals surface area contributed by atoms with Gasteiger partial charge in [-0.1, -0.05) is 0 Å². The summed E-state index contributed by atoms with van der Waals surface area (Å²) in [5, 5.41) is 0. The van der Waals surface area contributed by atoms with Crippen LogP contribution in [0.3, 0.4) is 0 Å². The van der Waals surface area contributed by atoms with Crippen LogP contribution in [0, 0.1) is 0 Å². The highest BCUT2D eigenvalue weighted by molar-refractivity contribution is 6.17. The second kappa shape index (κ2) is 8.19. The van der Waals surface area contributed by atoms with Crippen molar-refractivity contribution in [2.45, 2.75) is 39.7 Å². The minimum Gasteiger partial charge on any atom is -0.465 e. The Balaban J connectivity index is 4.46. The molecule has 0 bridgehead atoms. The summed E-state index contributed by atoms with van der Waals surface area (Å²) >= 11 is 5.59. The highest BCUT2D eigenvalue weighted by Gasteiger charge is 2.23. The van der Waals surface area contributed by atoms with Gasteiger partial charge in [0, 0.05) is 12.4 Å². The zero-order valence-corrected chi connectivity index (χ0v) is 12.2. The van der Waals surface area contributed by atoms with Crippen LogP contribution >= 0.6 is 11.6 Å². The maximum absolute atomic E-state index is 11.9. The van der Waals surface area contributed by atoms with E-state index in [2.05, 4.69) is 0 Å². The van der Waals surface area contributed by atoms with Crippen molar-refractivity contribution in [2.24, 2.45) is 0 Å². The number of hydrogen-bond acceptors (Lipinski definition) is 4. The Kier molecular flexibility index (Phi) is 7.75. The van der Waals surface area contributed by atoms with E-state index < -0.39 is 17.7 Å². The summed E-state index contributed by atoms with van der Waals surface area (Å²) in [6.07, 6.45) is 0.0703. The van der Waals surface area contributed by atoms with Crippen LogP contribution in [0.15, 0.2) is 0 Å². The van der Waals surface area contributed by atoms with Crippen LogP contribution in [-0.2, 0) is 14.3 Å². The molecule has 0 fully saturated rings. The van der Waals surface area contributed by atoms with Crippen molar-refractivity contribution < 1.29 is 19.1 Å². The first-order chi connectivity index (χ1) is 8.30. The van der Waals surface area contributed by atoms with Gasteiger partial charge < -0.3 is 9.47 Å². The summed E-state index contributed by atoms with van der Waals surface area (Å²) in [5.74, 6) is -0.0276. The van der Waals surface area contributed by atoms with Gasteiger partial charge in [0.1, 0.15) is 12.1 Å². The van der Waals surface area contributed by atoms with Gasteiger partial charge in [0.2, 0.25) is 0 Å². The van der Waals surface area contributed by atoms with E-state index in [1.165, 1.54) is 4.90 Å². The molecule has 1 amide bonds. The van der Waals surface area contributed by atoms with Gasteiger partial charge in [-0.15, -0.1) is 11.6 Å². The maximum Gasteiger partial charge on any atom is 0.410 e. The minimum absolute atomic E-state index is 0.111. The second-order valence-electron chi connectivity index (χ2n) is 4.75. The summed E-state index contributed by atoms with van der Waals surface area (Å²) in [5.41, 5.74) is -0.592. The number of amides is 1. The summed E-state index contributed by atoms with van der Waals surface area (Å²) in [4.78, 5) is 24.6. The van der Waals surface area contributed by atoms with Crippen molar-refractivity contribution in [3.05, 3.63) is 0 Å². The van der Waals surface area contributed by atoms with E-state index in [4.69, 9.17) is 21.1 Å². The van der Waals surface area contributed by atoms with Gasteiger partial charge >= 0.3 is 12.1 Å². The molecule has 0 radical (unpaired) electrons. The molecule has 0 atom stereocenters. The lowest BCUT2D eigenvalue weighted by molar-refractivity contribution is -0.144. The van der Waals surface area contributed by atoms with Crippen molar-refractivity contribution in [2.75, 3.05) is 25.6 Å². The SMILES string of the molecule is CCOC(=O)CN(CCCCl)C(=O)OC(C)(C)C. The number of rotatable bonds is 6. The topological polar surface area (TPSA) is 55.8 Å². The molecular formula is C12H22ClNO4. The second-order valence-corrected chi connectivity index (χ2v) is 5.13. The van der Waals surface area contributed by atoms with E-state index in [1.807, 2.05) is 0 Å². The Hall–Kier alpha value is -0.970. The number of carbonyl (C=O) groups is 2. The molecule has 0 aromatic heterocycles. The van der Waals surface area contributed by atoms with Gasteiger partial charge in [-0.05, 0) is 34.1 Å². The molecule has 0 unspecified atom stereocenters. The van der Waals surface area contributed by atoms with Crippen molar-refractivity contribution in [1.82, 2.24) is 4.90 Å². The van der Waals surface area contributed by atoms with E-state index in [1.54, 1.807) is 27.7 Å². The smallest absolute Gasteiger partial charge is 0.410 e. The predicted molar refractivity (Wildman–Crippen MR) is 69.8 cm³/mol. The number of carbonyl (C=O) groups excluding carboxylic acids is 2. The van der Waals surface area contributed by atoms with Crippen LogP contribution < -0.4 is 0 Å². The predicted octanol–water partition coefficient (Wildman–Crippen LogP) is 2.42. The number of alkyl halides is 1. The molecule has 0 aliphatic rings. The molecule has 0 aliphatic carbocycles. The van der Waals surface area contributed by atoms with E-state index in [-0.39, 0.29) is 13.2 Å². The summed E-state index contributed by atoms with van der Waals surface area (Å²) in [6.45, 7) is 7.58. The number of hydrogen-bond donors (Lipinski definition) is 0. The normalized spacial score (nSPS) is 10.9. The molecule has 0 rings (SSSR count). The van der Waals surface area contributed by atoms with E-state index >= 15 is 0 Å². The standard InChI is InChI=1S/C12H22ClNO4/c1-5-17-10(15)9-14(8-6-7-13)11(16)18-12(2,3)4/h5-9H2,1-4H3. The van der Waals surface area contributed by atoms with Crippen LogP contribution in [0.2, 0.25) is 0 Å². The molecule has 0 saturated heterocycles. The number of ether oxygens (including phenoxy) is 2. The quantitative estimate of drug-likeness (QED) is 0.553. The fourth-order valence-electron chi connectivity index (χ4n) is 1.17. The van der Waals surface area contributed by atoms with Crippen LogP contribution in [-0.4, -0.2) is 48.1 Å². The molecule has 5 nitrogen and oxygen atoms in total. The Bertz CT molecular complexity index is 276. The highest BCUT2D eigenvalue weighted by Crippen LogP contribution is 2.10. The molecule has 106 valence electrons. The molecule has 0 spiro atoms. The third-order valence-corrected chi connectivity index (χ3v) is 2.11. The summed E-state index contributed by atoms with van der Waals surface area (Å²) in [7, 11) is 0. The summed E-state index contributed by atoms with van der Waals surface area (Å²) in [6, 6.07) is 0. The van der Waals surface area contributed by atoms with Gasteiger partial charge in [0.05, 0.1) is 6.61 Å². The average molecular weight is 280 g/mol. The van der Waals surface area contributed by atoms with Crippen LogP contribution in [0.1, 0.15) is 34.1 Å². The van der Waals surface area contributed by atoms with Crippen LogP contribution in [0.5, 0.6) is 0 Å². The largest absolute Gasteiger partial charge is 0.465 e. The molecule has 0 aromatic carbocycles. The molecule has 0 heterocycles. The van der Waals surface area contributed by atoms with Crippen LogP contribution in [0.4, 0.5) is 4.79 Å². The van der Waals surface area contributed by atoms with E-state index in [0.717, 1.165) is 0 Å². The van der Waals surface area contributed by atoms with Gasteiger partial charge in [-0.25, -0.2) is 4.79 Å². The van der Waals surface area contributed by atoms with E-state index in [9.17, 15) is 9.59 Å². The lowest BCUT2D eigenvalue weighted by Gasteiger charge is -2.26. The Morgan fingerprint density at radius 2 is 1.89 bits per heavy atom. The van der Waals surface area contributed by atoms with E-state index in [0.29, 0.717) is 18.8 Å². The van der Waals surface area contributed by atoms with Gasteiger partial charge in [-0.3, -0.25) is 9.69 Å². The summed E-state index contributed by atoms with van der Waals surface area (Å²) < 4.78 is 10.0.